The predicted molar refractivity (Wildman–Crippen MR) is 78.7 cm³/mol. The number of aliphatic carboxylic acids is 1. The maximum absolute atomic E-state index is 11.3. The number of carboxylic acids is 1. The quantitative estimate of drug-likeness (QED) is 0.866. The fourth-order valence-electron chi connectivity index (χ4n) is 3.41. The van der Waals surface area contributed by atoms with Crippen LogP contribution in [0.5, 0.6) is 0 Å². The van der Waals surface area contributed by atoms with Gasteiger partial charge in [0.15, 0.2) is 0 Å². The summed E-state index contributed by atoms with van der Waals surface area (Å²) in [5.41, 5.74) is 1.43. The monoisotopic (exact) mass is 273 g/mol. The molecule has 0 aliphatic heterocycles. The summed E-state index contributed by atoms with van der Waals surface area (Å²) >= 11 is 0. The summed E-state index contributed by atoms with van der Waals surface area (Å²) in [6.45, 7) is 0. The first-order valence-corrected chi connectivity index (χ1v) is 7.78. The van der Waals surface area contributed by atoms with Crippen molar-refractivity contribution < 1.29 is 9.90 Å². The Morgan fingerprint density at radius 3 is 2.25 bits per heavy atom. The Morgan fingerprint density at radius 2 is 1.70 bits per heavy atom. The first-order chi connectivity index (χ1) is 9.74. The van der Waals surface area contributed by atoms with Gasteiger partial charge in [0.2, 0.25) is 0 Å². The Hall–Kier alpha value is -1.35. The Morgan fingerprint density at radius 1 is 1.05 bits per heavy atom. The summed E-state index contributed by atoms with van der Waals surface area (Å²) in [7, 11) is 0. The molecular weight excluding hydrogens is 250 g/mol. The zero-order valence-electron chi connectivity index (χ0n) is 11.8. The summed E-state index contributed by atoms with van der Waals surface area (Å²) in [5, 5.41) is 12.7. The molecule has 3 heteroatoms. The molecule has 0 amide bonds. The molecular formula is C17H23NO2. The third-order valence-corrected chi connectivity index (χ3v) is 4.77. The lowest BCUT2D eigenvalue weighted by Gasteiger charge is -2.31. The number of rotatable bonds is 5. The molecule has 2 fully saturated rings. The van der Waals surface area contributed by atoms with Crippen LogP contribution in [-0.4, -0.2) is 23.2 Å². The highest BCUT2D eigenvalue weighted by Crippen LogP contribution is 2.36. The van der Waals surface area contributed by atoms with E-state index >= 15 is 0 Å². The van der Waals surface area contributed by atoms with Crippen molar-refractivity contribution in [3.63, 3.8) is 0 Å². The molecule has 1 aromatic rings. The molecule has 2 saturated carbocycles. The highest BCUT2D eigenvalue weighted by Gasteiger charge is 2.37. The third-order valence-electron chi connectivity index (χ3n) is 4.77. The van der Waals surface area contributed by atoms with E-state index in [1.54, 1.807) is 0 Å². The normalized spacial score (nSPS) is 28.0. The minimum absolute atomic E-state index is 0.312. The van der Waals surface area contributed by atoms with Gasteiger partial charge in [-0.25, -0.2) is 0 Å². The highest BCUT2D eigenvalue weighted by molar-refractivity contribution is 5.74. The maximum atomic E-state index is 11.3. The number of carbonyl (C=O) groups is 1. The molecule has 0 saturated heterocycles. The second kappa shape index (κ2) is 5.96. The van der Waals surface area contributed by atoms with E-state index in [1.165, 1.54) is 18.4 Å². The van der Waals surface area contributed by atoms with Crippen LogP contribution in [0.15, 0.2) is 30.3 Å². The average molecular weight is 273 g/mol. The van der Waals surface area contributed by atoms with Crippen molar-refractivity contribution >= 4 is 5.97 Å². The van der Waals surface area contributed by atoms with Gasteiger partial charge in [-0.15, -0.1) is 0 Å². The van der Waals surface area contributed by atoms with E-state index in [-0.39, 0.29) is 6.04 Å². The highest BCUT2D eigenvalue weighted by atomic mass is 16.4. The van der Waals surface area contributed by atoms with Crippen LogP contribution in [0.25, 0.3) is 0 Å². The molecule has 0 radical (unpaired) electrons. The van der Waals surface area contributed by atoms with E-state index in [2.05, 4.69) is 35.6 Å². The second-order valence-electron chi connectivity index (χ2n) is 6.28. The molecule has 3 nitrogen and oxygen atoms in total. The lowest BCUT2D eigenvalue weighted by Crippen LogP contribution is -2.46. The SMILES string of the molecule is O=C(O)C(NC1CCC(c2ccccc2)CC1)C1CC1. The topological polar surface area (TPSA) is 49.3 Å². The smallest absolute Gasteiger partial charge is 0.320 e. The molecule has 2 N–H and O–H groups in total. The van der Waals surface area contributed by atoms with Gasteiger partial charge in [0.25, 0.3) is 0 Å². The fourth-order valence-corrected chi connectivity index (χ4v) is 3.41. The van der Waals surface area contributed by atoms with Gasteiger partial charge in [0.05, 0.1) is 0 Å². The van der Waals surface area contributed by atoms with Crippen LogP contribution in [0.2, 0.25) is 0 Å². The maximum Gasteiger partial charge on any atom is 0.320 e. The van der Waals surface area contributed by atoms with Crippen LogP contribution in [0.4, 0.5) is 0 Å². The molecule has 0 spiro atoms. The van der Waals surface area contributed by atoms with Gasteiger partial charge in [-0.05, 0) is 55.9 Å². The number of nitrogens with one attached hydrogen (secondary N) is 1. The first-order valence-electron chi connectivity index (χ1n) is 7.78. The Kier molecular flexibility index (Phi) is 4.06. The number of carboxylic acid groups (broad SMARTS) is 1. The predicted octanol–water partition coefficient (Wildman–Crippen LogP) is 3.17. The van der Waals surface area contributed by atoms with Gasteiger partial charge < -0.3 is 10.4 Å². The first kappa shape index (κ1) is 13.6. The van der Waals surface area contributed by atoms with Gasteiger partial charge in [-0.2, -0.15) is 0 Å². The summed E-state index contributed by atoms with van der Waals surface area (Å²) in [6, 6.07) is 10.8. The molecule has 108 valence electrons. The molecule has 1 atom stereocenters. The zero-order chi connectivity index (χ0) is 13.9. The third kappa shape index (κ3) is 3.21. The van der Waals surface area contributed by atoms with Crippen molar-refractivity contribution in [2.45, 2.75) is 56.5 Å². The lowest BCUT2D eigenvalue weighted by atomic mass is 9.81. The van der Waals surface area contributed by atoms with Crippen molar-refractivity contribution in [2.75, 3.05) is 0 Å². The fraction of sp³-hybridized carbons (Fsp3) is 0.588. The summed E-state index contributed by atoms with van der Waals surface area (Å²) < 4.78 is 0. The summed E-state index contributed by atoms with van der Waals surface area (Å²) in [4.78, 5) is 11.3. The van der Waals surface area contributed by atoms with Crippen LogP contribution >= 0.6 is 0 Å². The average Bonchev–Trinajstić information content (AvgIpc) is 3.30. The van der Waals surface area contributed by atoms with Crippen molar-refractivity contribution in [2.24, 2.45) is 5.92 Å². The second-order valence-corrected chi connectivity index (χ2v) is 6.28. The van der Waals surface area contributed by atoms with Gasteiger partial charge >= 0.3 is 5.97 Å². The molecule has 2 aliphatic carbocycles. The zero-order valence-corrected chi connectivity index (χ0v) is 11.8. The summed E-state index contributed by atoms with van der Waals surface area (Å²) in [5.74, 6) is 0.357. The molecule has 1 unspecified atom stereocenters. The van der Waals surface area contributed by atoms with Gasteiger partial charge in [-0.1, -0.05) is 30.3 Å². The Labute approximate surface area is 120 Å². The van der Waals surface area contributed by atoms with E-state index in [0.29, 0.717) is 17.9 Å². The minimum atomic E-state index is -0.669. The molecule has 2 aliphatic rings. The van der Waals surface area contributed by atoms with Gasteiger partial charge in [-0.3, -0.25) is 4.79 Å². The van der Waals surface area contributed by atoms with Crippen molar-refractivity contribution in [1.82, 2.24) is 5.32 Å². The van der Waals surface area contributed by atoms with Crippen LogP contribution in [0, 0.1) is 5.92 Å². The van der Waals surface area contributed by atoms with Crippen LogP contribution in [0.3, 0.4) is 0 Å². The van der Waals surface area contributed by atoms with E-state index in [9.17, 15) is 9.90 Å². The largest absolute Gasteiger partial charge is 0.480 e. The minimum Gasteiger partial charge on any atom is -0.480 e. The van der Waals surface area contributed by atoms with Gasteiger partial charge in [0, 0.05) is 6.04 Å². The summed E-state index contributed by atoms with van der Waals surface area (Å²) in [6.07, 6.45) is 6.66. The van der Waals surface area contributed by atoms with Crippen molar-refractivity contribution in [3.05, 3.63) is 35.9 Å². The van der Waals surface area contributed by atoms with Crippen LogP contribution < -0.4 is 5.32 Å². The Bertz CT molecular complexity index is 447. The number of hydrogen-bond acceptors (Lipinski definition) is 2. The molecule has 0 bridgehead atoms. The Balaban J connectivity index is 1.52. The molecule has 3 rings (SSSR count). The molecule has 20 heavy (non-hydrogen) atoms. The standard InChI is InChI=1S/C17H23NO2/c19-17(20)16(14-6-7-14)18-15-10-8-13(9-11-15)12-4-2-1-3-5-12/h1-5,13-16,18H,6-11H2,(H,19,20). The van der Waals surface area contributed by atoms with Crippen molar-refractivity contribution in [1.29, 1.82) is 0 Å². The molecule has 1 aromatic carbocycles. The molecule has 0 aromatic heterocycles. The number of hydrogen-bond donors (Lipinski definition) is 2. The molecule has 0 heterocycles. The van der Waals surface area contributed by atoms with Crippen LogP contribution in [-0.2, 0) is 4.79 Å². The van der Waals surface area contributed by atoms with E-state index < -0.39 is 5.97 Å². The van der Waals surface area contributed by atoms with E-state index in [4.69, 9.17) is 0 Å². The van der Waals surface area contributed by atoms with E-state index in [1.807, 2.05) is 0 Å². The van der Waals surface area contributed by atoms with Gasteiger partial charge in [0.1, 0.15) is 6.04 Å². The van der Waals surface area contributed by atoms with Crippen molar-refractivity contribution in [3.8, 4) is 0 Å². The number of benzene rings is 1. The van der Waals surface area contributed by atoms with Crippen LogP contribution in [0.1, 0.15) is 50.0 Å². The lowest BCUT2D eigenvalue weighted by molar-refractivity contribution is -0.140. The van der Waals surface area contributed by atoms with E-state index in [0.717, 1.165) is 25.7 Å².